The summed E-state index contributed by atoms with van der Waals surface area (Å²) in [6.45, 7) is 6.77. The lowest BCUT2D eigenvalue weighted by molar-refractivity contribution is -0.154. The lowest BCUT2D eigenvalue weighted by Crippen LogP contribution is -2.55. The van der Waals surface area contributed by atoms with E-state index in [0.717, 1.165) is 28.6 Å². The quantitative estimate of drug-likeness (QED) is 0.266. The molecule has 40 heavy (non-hydrogen) atoms. The van der Waals surface area contributed by atoms with Crippen LogP contribution in [0, 0.1) is 17.1 Å². The van der Waals surface area contributed by atoms with Gasteiger partial charge in [-0.1, -0.05) is 30.9 Å². The molecule has 0 aliphatic carbocycles. The third-order valence-corrected chi connectivity index (χ3v) is 6.71. The lowest BCUT2D eigenvalue weighted by Gasteiger charge is -2.39. The molecule has 3 aromatic rings. The average molecular weight is 548 g/mol. The molecule has 2 N–H and O–H groups in total. The first kappa shape index (κ1) is 28.4. The molecule has 8 nitrogen and oxygen atoms in total. The van der Waals surface area contributed by atoms with Gasteiger partial charge in [0.05, 0.1) is 24.2 Å². The predicted molar refractivity (Wildman–Crippen MR) is 146 cm³/mol. The fourth-order valence-corrected chi connectivity index (χ4v) is 4.61. The van der Waals surface area contributed by atoms with Crippen LogP contribution in [0.4, 0.5) is 18.9 Å². The number of tetrazole rings is 1. The first-order valence-corrected chi connectivity index (χ1v) is 12.6. The summed E-state index contributed by atoms with van der Waals surface area (Å²) in [5, 5.41) is 34.9. The van der Waals surface area contributed by atoms with Gasteiger partial charge in [0.2, 0.25) is 0 Å². The van der Waals surface area contributed by atoms with E-state index < -0.39 is 35.6 Å². The highest BCUT2D eigenvalue weighted by molar-refractivity contribution is 6.02. The number of alkyl halides is 2. The van der Waals surface area contributed by atoms with E-state index in [1.54, 1.807) is 50.3 Å². The maximum atomic E-state index is 16.5. The largest absolute Gasteiger partial charge is 0.385 e. The van der Waals surface area contributed by atoms with Gasteiger partial charge in [-0.15, -0.1) is 5.10 Å². The molecule has 11 heteroatoms. The van der Waals surface area contributed by atoms with Gasteiger partial charge in [0, 0.05) is 23.4 Å². The third-order valence-electron chi connectivity index (χ3n) is 6.71. The average Bonchev–Trinajstić information content (AvgIpc) is 3.40. The van der Waals surface area contributed by atoms with Gasteiger partial charge >= 0.3 is 5.92 Å². The maximum absolute atomic E-state index is 16.5. The van der Waals surface area contributed by atoms with Gasteiger partial charge in [0.1, 0.15) is 11.5 Å². The van der Waals surface area contributed by atoms with Crippen LogP contribution in [0.15, 0.2) is 83.9 Å². The van der Waals surface area contributed by atoms with E-state index in [4.69, 9.17) is 5.26 Å². The van der Waals surface area contributed by atoms with Crippen LogP contribution in [0.1, 0.15) is 31.4 Å². The van der Waals surface area contributed by atoms with Gasteiger partial charge in [-0.25, -0.2) is 9.07 Å². The molecule has 1 aromatic heterocycles. The smallest absolute Gasteiger partial charge is 0.323 e. The third kappa shape index (κ3) is 5.44. The van der Waals surface area contributed by atoms with E-state index in [0.29, 0.717) is 24.1 Å². The molecular weight excluding hydrogens is 519 g/mol. The number of nitriles is 1. The zero-order valence-corrected chi connectivity index (χ0v) is 22.0. The standard InChI is InChI=1S/C29H28F3N7O/c1-4-6-19(3)25(14-15-34-22-11-8-20(17-33)9-12-22)35-26(7-5-2)29(31,32)28(40)18-39-27(36-37-38-39)23-16-21(30)10-13-24(23)28/h4-13,16,25,34,40H,1,14-15,18H2,2-3H3/b7-5-,19-6+,35-26?/t25?,28-/m0/s1. The Morgan fingerprint density at radius 3 is 2.75 bits per heavy atom. The SMILES string of the molecule is C=C/C=C(\C)C(CCNc1ccc(C#N)cc1)N=C(/C=C\C)C(F)(F)[C@]1(O)Cn2nnnc2-c2cc(F)ccc21. The van der Waals surface area contributed by atoms with Crippen LogP contribution in [0.2, 0.25) is 0 Å². The second-order valence-corrected chi connectivity index (χ2v) is 9.37. The van der Waals surface area contributed by atoms with Gasteiger partial charge < -0.3 is 10.4 Å². The first-order chi connectivity index (χ1) is 19.1. The van der Waals surface area contributed by atoms with E-state index in [2.05, 4.69) is 38.5 Å². The van der Waals surface area contributed by atoms with Crippen LogP contribution in [-0.4, -0.2) is 49.5 Å². The second-order valence-electron chi connectivity index (χ2n) is 9.37. The van der Waals surface area contributed by atoms with Crippen LogP contribution in [-0.2, 0) is 12.1 Å². The van der Waals surface area contributed by atoms with Crippen molar-refractivity contribution in [1.82, 2.24) is 20.2 Å². The highest BCUT2D eigenvalue weighted by Gasteiger charge is 2.60. The number of allylic oxidation sites excluding steroid dienone is 4. The molecule has 2 heterocycles. The summed E-state index contributed by atoms with van der Waals surface area (Å²) >= 11 is 0. The van der Waals surface area contributed by atoms with E-state index in [-0.39, 0.29) is 17.0 Å². The summed E-state index contributed by atoms with van der Waals surface area (Å²) in [6, 6.07) is 11.4. The van der Waals surface area contributed by atoms with Crippen molar-refractivity contribution in [3.8, 4) is 17.5 Å². The summed E-state index contributed by atoms with van der Waals surface area (Å²) in [5.41, 5.74) is -1.71. The Labute approximate surface area is 229 Å². The Hall–Kier alpha value is -4.56. The Morgan fingerprint density at radius 2 is 2.08 bits per heavy atom. The summed E-state index contributed by atoms with van der Waals surface area (Å²) in [5.74, 6) is -4.53. The van der Waals surface area contributed by atoms with Crippen molar-refractivity contribution >= 4 is 11.4 Å². The van der Waals surface area contributed by atoms with Crippen molar-refractivity contribution in [1.29, 1.82) is 5.26 Å². The Kier molecular flexibility index (Phi) is 8.30. The summed E-state index contributed by atoms with van der Waals surface area (Å²) in [7, 11) is 0. The molecule has 0 saturated heterocycles. The molecule has 0 radical (unpaired) electrons. The lowest BCUT2D eigenvalue weighted by atomic mass is 9.79. The molecule has 0 amide bonds. The van der Waals surface area contributed by atoms with Crippen molar-refractivity contribution < 1.29 is 18.3 Å². The molecule has 1 unspecified atom stereocenters. The monoisotopic (exact) mass is 547 g/mol. The van der Waals surface area contributed by atoms with Crippen LogP contribution < -0.4 is 5.32 Å². The minimum absolute atomic E-state index is 0.0239. The van der Waals surface area contributed by atoms with Gasteiger partial charge in [-0.05, 0) is 78.7 Å². The number of hydrogen-bond acceptors (Lipinski definition) is 7. The minimum Gasteiger partial charge on any atom is -0.385 e. The molecule has 0 fully saturated rings. The zero-order chi connectivity index (χ0) is 28.9. The van der Waals surface area contributed by atoms with Crippen LogP contribution >= 0.6 is 0 Å². The van der Waals surface area contributed by atoms with E-state index in [1.807, 2.05) is 0 Å². The fraction of sp³-hybridized carbons (Fsp3) is 0.276. The van der Waals surface area contributed by atoms with Crippen LogP contribution in [0.5, 0.6) is 0 Å². The number of aliphatic imine (C=N–C) groups is 1. The number of nitrogens with zero attached hydrogens (tertiary/aromatic N) is 6. The summed E-state index contributed by atoms with van der Waals surface area (Å²) in [6.07, 6.45) is 6.18. The second kappa shape index (κ2) is 11.7. The number of fused-ring (bicyclic) bond motifs is 3. The molecule has 0 saturated carbocycles. The molecule has 2 aromatic carbocycles. The van der Waals surface area contributed by atoms with Crippen molar-refractivity contribution in [2.45, 2.75) is 44.4 Å². The number of benzene rings is 2. The number of hydrogen-bond donors (Lipinski definition) is 2. The van der Waals surface area contributed by atoms with Gasteiger partial charge in [-0.2, -0.15) is 14.0 Å². The predicted octanol–water partition coefficient (Wildman–Crippen LogP) is 5.21. The van der Waals surface area contributed by atoms with Crippen molar-refractivity contribution in [3.05, 3.63) is 95.9 Å². The van der Waals surface area contributed by atoms with Crippen molar-refractivity contribution in [3.63, 3.8) is 0 Å². The Balaban J connectivity index is 1.71. The van der Waals surface area contributed by atoms with E-state index in [9.17, 15) is 9.50 Å². The molecule has 2 atom stereocenters. The minimum atomic E-state index is -3.93. The highest BCUT2D eigenvalue weighted by atomic mass is 19.3. The molecule has 4 rings (SSSR count). The number of aromatic nitrogens is 4. The van der Waals surface area contributed by atoms with E-state index >= 15 is 8.78 Å². The maximum Gasteiger partial charge on any atom is 0.323 e. The number of nitrogens with one attached hydrogen (secondary N) is 1. The molecular formula is C29H28F3N7O. The van der Waals surface area contributed by atoms with Gasteiger partial charge in [0.15, 0.2) is 11.4 Å². The van der Waals surface area contributed by atoms with Crippen molar-refractivity contribution in [2.24, 2.45) is 4.99 Å². The molecule has 1 aliphatic heterocycles. The molecule has 206 valence electrons. The molecule has 0 spiro atoms. The summed E-state index contributed by atoms with van der Waals surface area (Å²) < 4.78 is 48.2. The van der Waals surface area contributed by atoms with Crippen molar-refractivity contribution in [2.75, 3.05) is 11.9 Å². The highest BCUT2D eigenvalue weighted by Crippen LogP contribution is 2.47. The first-order valence-electron chi connectivity index (χ1n) is 12.6. The van der Waals surface area contributed by atoms with Gasteiger partial charge in [-0.3, -0.25) is 4.99 Å². The molecule has 0 bridgehead atoms. The summed E-state index contributed by atoms with van der Waals surface area (Å²) in [4.78, 5) is 4.45. The van der Waals surface area contributed by atoms with Crippen LogP contribution in [0.25, 0.3) is 11.4 Å². The topological polar surface area (TPSA) is 112 Å². The normalized spacial score (nSPS) is 18.1. The van der Waals surface area contributed by atoms with E-state index in [1.165, 1.54) is 12.2 Å². The Morgan fingerprint density at radius 1 is 1.32 bits per heavy atom. The zero-order valence-electron chi connectivity index (χ0n) is 22.0. The number of anilines is 1. The number of rotatable bonds is 10. The van der Waals surface area contributed by atoms with Gasteiger partial charge in [0.25, 0.3) is 0 Å². The Bertz CT molecular complexity index is 1520. The fourth-order valence-electron chi connectivity index (χ4n) is 4.61. The molecule has 1 aliphatic rings. The van der Waals surface area contributed by atoms with Crippen LogP contribution in [0.3, 0.4) is 0 Å². The number of aliphatic hydroxyl groups is 1. The number of halogens is 3.